The average Bonchev–Trinajstić information content (AvgIpc) is 2.36. The first-order valence-electron chi connectivity index (χ1n) is 5.61. The van der Waals surface area contributed by atoms with Crippen LogP contribution in [-0.4, -0.2) is 37.5 Å². The van der Waals surface area contributed by atoms with Crippen LogP contribution in [0.5, 0.6) is 11.5 Å². The highest BCUT2D eigenvalue weighted by atomic mass is 79.9. The second-order valence-corrected chi connectivity index (χ2v) is 4.74. The lowest BCUT2D eigenvalue weighted by molar-refractivity contribution is 0.235. The Morgan fingerprint density at radius 3 is 2.33 bits per heavy atom. The quantitative estimate of drug-likeness (QED) is 0.619. The van der Waals surface area contributed by atoms with Crippen LogP contribution in [0.1, 0.15) is 11.1 Å². The Labute approximate surface area is 116 Å². The van der Waals surface area contributed by atoms with E-state index in [0.717, 1.165) is 23.3 Å². The number of nitrogens with zero attached hydrogens (tertiary/aromatic N) is 1. The molecule has 0 radical (unpaired) electrons. The van der Waals surface area contributed by atoms with Gasteiger partial charge in [-0.3, -0.25) is 4.79 Å². The Morgan fingerprint density at radius 1 is 1.28 bits per heavy atom. The molecule has 1 aromatic rings. The van der Waals surface area contributed by atoms with E-state index < -0.39 is 0 Å². The summed E-state index contributed by atoms with van der Waals surface area (Å²) in [5.74, 6) is 1.44. The topological polar surface area (TPSA) is 38.8 Å². The Morgan fingerprint density at radius 2 is 1.83 bits per heavy atom. The van der Waals surface area contributed by atoms with E-state index in [0.29, 0.717) is 12.3 Å². The van der Waals surface area contributed by atoms with Crippen molar-refractivity contribution in [2.45, 2.75) is 13.3 Å². The van der Waals surface area contributed by atoms with Gasteiger partial charge in [0.2, 0.25) is 0 Å². The fourth-order valence-corrected chi connectivity index (χ4v) is 1.85. The number of halogens is 1. The van der Waals surface area contributed by atoms with Gasteiger partial charge in [0, 0.05) is 29.5 Å². The molecule has 5 heteroatoms. The van der Waals surface area contributed by atoms with E-state index >= 15 is 0 Å². The highest BCUT2D eigenvalue weighted by Gasteiger charge is 2.10. The number of aryl methyl sites for hydroxylation is 1. The number of benzene rings is 1. The van der Waals surface area contributed by atoms with Crippen LogP contribution in [0, 0.1) is 6.92 Å². The van der Waals surface area contributed by atoms with Crippen LogP contribution in [0.2, 0.25) is 0 Å². The summed E-state index contributed by atoms with van der Waals surface area (Å²) in [6, 6.07) is 3.91. The van der Waals surface area contributed by atoms with E-state index in [1.807, 2.05) is 19.1 Å². The number of rotatable bonds is 5. The largest absolute Gasteiger partial charge is 0.493 e. The smallest absolute Gasteiger partial charge is 0.289 e. The number of likely N-dealkylation sites (N-methyl/N-ethyl adjacent to an activating group) is 1. The van der Waals surface area contributed by atoms with Crippen molar-refractivity contribution in [2.75, 3.05) is 27.8 Å². The third-order valence-corrected chi connectivity index (χ3v) is 3.46. The lowest BCUT2D eigenvalue weighted by Gasteiger charge is -2.16. The Balaban J connectivity index is 2.86. The molecule has 1 amide bonds. The van der Waals surface area contributed by atoms with Crippen LogP contribution in [0.4, 0.5) is 4.79 Å². The van der Waals surface area contributed by atoms with E-state index in [1.165, 1.54) is 0 Å². The molecule has 0 aliphatic carbocycles. The number of carbonyl (C=O) groups excluding carboxylic acids is 1. The number of methoxy groups -OCH3 is 2. The van der Waals surface area contributed by atoms with Gasteiger partial charge in [0.25, 0.3) is 4.82 Å². The molecule has 0 saturated carbocycles. The van der Waals surface area contributed by atoms with E-state index in [9.17, 15) is 4.79 Å². The Hall–Kier alpha value is -1.23. The minimum absolute atomic E-state index is 0.111. The van der Waals surface area contributed by atoms with Gasteiger partial charge in [0.1, 0.15) is 0 Å². The molecule has 0 aromatic heterocycles. The molecule has 0 spiro atoms. The fourth-order valence-electron chi connectivity index (χ4n) is 1.67. The average molecular weight is 316 g/mol. The van der Waals surface area contributed by atoms with Crippen LogP contribution < -0.4 is 9.47 Å². The van der Waals surface area contributed by atoms with Crippen LogP contribution >= 0.6 is 15.9 Å². The molecule has 100 valence electrons. The summed E-state index contributed by atoms with van der Waals surface area (Å²) in [5.41, 5.74) is 2.27. The molecular formula is C13H18BrNO3. The molecule has 0 atom stereocenters. The minimum Gasteiger partial charge on any atom is -0.493 e. The molecular weight excluding hydrogens is 298 g/mol. The predicted molar refractivity (Wildman–Crippen MR) is 74.9 cm³/mol. The SMILES string of the molecule is COc1cc(C)c(CCN(C)C(=O)Br)cc1OC. The van der Waals surface area contributed by atoms with Crippen molar-refractivity contribution in [1.82, 2.24) is 4.90 Å². The van der Waals surface area contributed by atoms with Gasteiger partial charge in [-0.05, 0) is 36.6 Å². The number of hydrogen-bond donors (Lipinski definition) is 0. The van der Waals surface area contributed by atoms with E-state index in [1.54, 1.807) is 26.2 Å². The first kappa shape index (κ1) is 14.8. The fraction of sp³-hybridized carbons (Fsp3) is 0.462. The van der Waals surface area contributed by atoms with Crippen molar-refractivity contribution in [3.63, 3.8) is 0 Å². The predicted octanol–water partition coefficient (Wildman–Crippen LogP) is 3.00. The zero-order valence-corrected chi connectivity index (χ0v) is 12.7. The number of ether oxygens (including phenoxy) is 2. The molecule has 0 unspecified atom stereocenters. The first-order chi connectivity index (χ1) is 8.49. The summed E-state index contributed by atoms with van der Waals surface area (Å²) in [5, 5.41) is 0. The minimum atomic E-state index is -0.111. The molecule has 0 aliphatic heterocycles. The summed E-state index contributed by atoms with van der Waals surface area (Å²) >= 11 is 2.93. The number of carbonyl (C=O) groups is 1. The second kappa shape index (κ2) is 6.64. The summed E-state index contributed by atoms with van der Waals surface area (Å²) in [6.07, 6.45) is 0.778. The number of hydrogen-bond acceptors (Lipinski definition) is 3. The van der Waals surface area contributed by atoms with Gasteiger partial charge in [-0.25, -0.2) is 0 Å². The molecule has 1 rings (SSSR count). The molecule has 18 heavy (non-hydrogen) atoms. The first-order valence-corrected chi connectivity index (χ1v) is 6.41. The van der Waals surface area contributed by atoms with Gasteiger partial charge < -0.3 is 14.4 Å². The van der Waals surface area contributed by atoms with Crippen LogP contribution in [0.25, 0.3) is 0 Å². The van der Waals surface area contributed by atoms with E-state index in [4.69, 9.17) is 9.47 Å². The molecule has 1 aromatic carbocycles. The molecule has 0 N–H and O–H groups in total. The zero-order chi connectivity index (χ0) is 13.7. The van der Waals surface area contributed by atoms with Crippen molar-refractivity contribution >= 4 is 20.7 Å². The highest BCUT2D eigenvalue weighted by molar-refractivity contribution is 9.18. The summed E-state index contributed by atoms with van der Waals surface area (Å²) in [4.78, 5) is 12.6. The summed E-state index contributed by atoms with van der Waals surface area (Å²) in [7, 11) is 4.99. The maximum Gasteiger partial charge on any atom is 0.289 e. The maximum atomic E-state index is 11.1. The highest BCUT2D eigenvalue weighted by Crippen LogP contribution is 2.30. The van der Waals surface area contributed by atoms with Crippen LogP contribution in [-0.2, 0) is 6.42 Å². The molecule has 0 heterocycles. The second-order valence-electron chi connectivity index (χ2n) is 4.06. The Bertz CT molecular complexity index is 434. The lowest BCUT2D eigenvalue weighted by Crippen LogP contribution is -2.23. The van der Waals surface area contributed by atoms with Crippen LogP contribution in [0.15, 0.2) is 12.1 Å². The van der Waals surface area contributed by atoms with Crippen molar-refractivity contribution in [3.8, 4) is 11.5 Å². The summed E-state index contributed by atoms with van der Waals surface area (Å²) < 4.78 is 10.5. The molecule has 0 aliphatic rings. The van der Waals surface area contributed by atoms with Crippen molar-refractivity contribution in [2.24, 2.45) is 0 Å². The molecule has 0 bridgehead atoms. The molecule has 0 fully saturated rings. The lowest BCUT2D eigenvalue weighted by atomic mass is 10.0. The van der Waals surface area contributed by atoms with Crippen molar-refractivity contribution in [1.29, 1.82) is 0 Å². The van der Waals surface area contributed by atoms with Gasteiger partial charge in [0.05, 0.1) is 14.2 Å². The van der Waals surface area contributed by atoms with Gasteiger partial charge in [0.15, 0.2) is 11.5 Å². The number of amides is 1. The standard InChI is InChI=1S/C13H18BrNO3/c1-9-7-11(17-3)12(18-4)8-10(9)5-6-15(2)13(14)16/h7-8H,5-6H2,1-4H3. The zero-order valence-electron chi connectivity index (χ0n) is 11.1. The van der Waals surface area contributed by atoms with Crippen LogP contribution in [0.3, 0.4) is 0 Å². The third kappa shape index (κ3) is 3.63. The van der Waals surface area contributed by atoms with Gasteiger partial charge in [-0.1, -0.05) is 0 Å². The van der Waals surface area contributed by atoms with Gasteiger partial charge in [-0.2, -0.15) is 0 Å². The third-order valence-electron chi connectivity index (χ3n) is 2.86. The maximum absolute atomic E-state index is 11.1. The van der Waals surface area contributed by atoms with E-state index in [2.05, 4.69) is 15.9 Å². The molecule has 4 nitrogen and oxygen atoms in total. The normalized spacial score (nSPS) is 10.1. The molecule has 0 saturated heterocycles. The van der Waals surface area contributed by atoms with E-state index in [-0.39, 0.29) is 4.82 Å². The monoisotopic (exact) mass is 315 g/mol. The van der Waals surface area contributed by atoms with Gasteiger partial charge in [-0.15, -0.1) is 0 Å². The van der Waals surface area contributed by atoms with Gasteiger partial charge >= 0.3 is 0 Å². The van der Waals surface area contributed by atoms with Crippen molar-refractivity contribution < 1.29 is 14.3 Å². The summed E-state index contributed by atoms with van der Waals surface area (Å²) in [6.45, 7) is 2.67. The van der Waals surface area contributed by atoms with Crippen molar-refractivity contribution in [3.05, 3.63) is 23.3 Å². The Kier molecular flexibility index (Phi) is 5.47.